The van der Waals surface area contributed by atoms with Crippen molar-refractivity contribution >= 4 is 6.29 Å². The fourth-order valence-corrected chi connectivity index (χ4v) is 1.88. The van der Waals surface area contributed by atoms with Crippen molar-refractivity contribution in [3.8, 4) is 17.3 Å². The molecule has 0 aliphatic carbocycles. The summed E-state index contributed by atoms with van der Waals surface area (Å²) in [5.74, 6) is 1.37. The molecule has 0 saturated heterocycles. The van der Waals surface area contributed by atoms with E-state index in [2.05, 4.69) is 20.1 Å². The first kappa shape index (κ1) is 12.3. The zero-order valence-electron chi connectivity index (χ0n) is 11.2. The molecule has 3 rings (SSSR count). The van der Waals surface area contributed by atoms with Gasteiger partial charge in [-0.1, -0.05) is 6.07 Å². The summed E-state index contributed by atoms with van der Waals surface area (Å²) in [6.07, 6.45) is 2.41. The molecule has 0 fully saturated rings. The highest BCUT2D eigenvalue weighted by atomic mass is 16.1. The first-order valence-electron chi connectivity index (χ1n) is 6.19. The second kappa shape index (κ2) is 4.73. The van der Waals surface area contributed by atoms with Gasteiger partial charge in [0.15, 0.2) is 17.9 Å². The molecule has 0 amide bonds. The number of imidazole rings is 1. The Hall–Kier alpha value is -2.76. The van der Waals surface area contributed by atoms with Crippen LogP contribution in [0.5, 0.6) is 0 Å². The van der Waals surface area contributed by atoms with Crippen LogP contribution in [0.2, 0.25) is 0 Å². The third-order valence-electron chi connectivity index (χ3n) is 3.07. The van der Waals surface area contributed by atoms with E-state index in [9.17, 15) is 4.79 Å². The predicted molar refractivity (Wildman–Crippen MR) is 73.8 cm³/mol. The molecule has 3 heterocycles. The molecule has 100 valence electrons. The van der Waals surface area contributed by atoms with Crippen LogP contribution < -0.4 is 0 Å². The van der Waals surface area contributed by atoms with Gasteiger partial charge in [-0.05, 0) is 32.0 Å². The van der Waals surface area contributed by atoms with Crippen LogP contribution >= 0.6 is 0 Å². The lowest BCUT2D eigenvalue weighted by molar-refractivity contribution is 0.111. The molecule has 0 saturated carbocycles. The number of nitrogens with zero attached hydrogens (tertiary/aromatic N) is 4. The highest BCUT2D eigenvalue weighted by molar-refractivity contribution is 5.71. The number of aromatic nitrogens is 5. The molecule has 0 spiro atoms. The highest BCUT2D eigenvalue weighted by Crippen LogP contribution is 2.17. The van der Waals surface area contributed by atoms with Gasteiger partial charge in [0.2, 0.25) is 0 Å². The Morgan fingerprint density at radius 2 is 2.05 bits per heavy atom. The number of hydrogen-bond donors (Lipinski definition) is 1. The van der Waals surface area contributed by atoms with E-state index in [4.69, 9.17) is 0 Å². The maximum atomic E-state index is 10.7. The van der Waals surface area contributed by atoms with Gasteiger partial charge in [0.1, 0.15) is 11.4 Å². The number of rotatable bonds is 3. The average molecular weight is 267 g/mol. The van der Waals surface area contributed by atoms with E-state index in [1.807, 2.05) is 32.0 Å². The predicted octanol–water partition coefficient (Wildman–Crippen LogP) is 2.09. The molecular weight excluding hydrogens is 254 g/mol. The van der Waals surface area contributed by atoms with E-state index < -0.39 is 0 Å². The maximum Gasteiger partial charge on any atom is 0.170 e. The third-order valence-corrected chi connectivity index (χ3v) is 3.07. The van der Waals surface area contributed by atoms with Crippen molar-refractivity contribution < 1.29 is 4.79 Å². The van der Waals surface area contributed by atoms with Crippen molar-refractivity contribution in [1.82, 2.24) is 24.7 Å². The van der Waals surface area contributed by atoms with Gasteiger partial charge in [-0.2, -0.15) is 5.10 Å². The molecule has 0 aliphatic heterocycles. The van der Waals surface area contributed by atoms with Crippen molar-refractivity contribution in [2.45, 2.75) is 13.8 Å². The summed E-state index contributed by atoms with van der Waals surface area (Å²) in [7, 11) is 0. The molecule has 0 aromatic carbocycles. The maximum absolute atomic E-state index is 10.7. The quantitative estimate of drug-likeness (QED) is 0.737. The normalized spacial score (nSPS) is 10.7. The van der Waals surface area contributed by atoms with E-state index in [1.165, 1.54) is 0 Å². The van der Waals surface area contributed by atoms with Gasteiger partial charge in [0.25, 0.3) is 0 Å². The summed E-state index contributed by atoms with van der Waals surface area (Å²) in [5.41, 5.74) is 3.09. The second-order valence-electron chi connectivity index (χ2n) is 4.48. The van der Waals surface area contributed by atoms with Crippen molar-refractivity contribution in [2.75, 3.05) is 0 Å². The number of carbonyl (C=O) groups is 1. The Bertz CT molecular complexity index is 752. The molecule has 1 N–H and O–H groups in total. The lowest BCUT2D eigenvalue weighted by Crippen LogP contribution is -2.00. The Kier molecular flexibility index (Phi) is 2.90. The van der Waals surface area contributed by atoms with Crippen LogP contribution in [-0.2, 0) is 0 Å². The van der Waals surface area contributed by atoms with Gasteiger partial charge in [0, 0.05) is 11.9 Å². The third kappa shape index (κ3) is 2.11. The lowest BCUT2D eigenvalue weighted by Gasteiger charge is -2.02. The minimum Gasteiger partial charge on any atom is -0.341 e. The Balaban J connectivity index is 2.03. The summed E-state index contributed by atoms with van der Waals surface area (Å²) >= 11 is 0. The number of aldehydes is 1. The van der Waals surface area contributed by atoms with Gasteiger partial charge < -0.3 is 4.98 Å². The number of aromatic amines is 1. The van der Waals surface area contributed by atoms with E-state index in [-0.39, 0.29) is 0 Å². The van der Waals surface area contributed by atoms with Gasteiger partial charge in [-0.15, -0.1) is 0 Å². The number of pyridine rings is 1. The highest BCUT2D eigenvalue weighted by Gasteiger charge is 2.08. The SMILES string of the molecule is Cc1nc(-c2cccc(-n3ccc(C=O)n3)n2)[nH]c1C. The minimum atomic E-state index is 0.377. The summed E-state index contributed by atoms with van der Waals surface area (Å²) in [6.45, 7) is 3.92. The molecule has 6 nitrogen and oxygen atoms in total. The van der Waals surface area contributed by atoms with Crippen molar-refractivity contribution in [3.05, 3.63) is 47.5 Å². The number of carbonyl (C=O) groups excluding carboxylic acids is 1. The molecule has 20 heavy (non-hydrogen) atoms. The molecule has 6 heteroatoms. The Morgan fingerprint density at radius 3 is 2.70 bits per heavy atom. The minimum absolute atomic E-state index is 0.377. The van der Waals surface area contributed by atoms with Gasteiger partial charge >= 0.3 is 0 Å². The van der Waals surface area contributed by atoms with Crippen LogP contribution in [0, 0.1) is 13.8 Å². The number of H-pyrrole nitrogens is 1. The summed E-state index contributed by atoms with van der Waals surface area (Å²) in [4.78, 5) is 22.8. The first-order valence-corrected chi connectivity index (χ1v) is 6.19. The van der Waals surface area contributed by atoms with Gasteiger partial charge in [-0.3, -0.25) is 4.79 Å². The van der Waals surface area contributed by atoms with Crippen LogP contribution in [0.15, 0.2) is 30.5 Å². The van der Waals surface area contributed by atoms with Crippen molar-refractivity contribution in [1.29, 1.82) is 0 Å². The van der Waals surface area contributed by atoms with E-state index in [1.54, 1.807) is 16.9 Å². The molecule has 0 bridgehead atoms. The summed E-state index contributed by atoms with van der Waals surface area (Å²) in [6, 6.07) is 7.23. The molecule has 0 unspecified atom stereocenters. The largest absolute Gasteiger partial charge is 0.341 e. The molecular formula is C14H13N5O. The Labute approximate surface area is 115 Å². The fourth-order valence-electron chi connectivity index (χ4n) is 1.88. The van der Waals surface area contributed by atoms with Crippen LogP contribution in [0.3, 0.4) is 0 Å². The molecule has 3 aromatic rings. The van der Waals surface area contributed by atoms with Crippen LogP contribution in [0.1, 0.15) is 21.9 Å². The molecule has 0 atom stereocenters. The monoisotopic (exact) mass is 267 g/mol. The smallest absolute Gasteiger partial charge is 0.170 e. The first-order chi connectivity index (χ1) is 9.67. The van der Waals surface area contributed by atoms with Crippen molar-refractivity contribution in [2.24, 2.45) is 0 Å². The topological polar surface area (TPSA) is 76.5 Å². The van der Waals surface area contributed by atoms with E-state index in [0.29, 0.717) is 17.8 Å². The summed E-state index contributed by atoms with van der Waals surface area (Å²) in [5, 5.41) is 4.11. The van der Waals surface area contributed by atoms with Crippen LogP contribution in [0.4, 0.5) is 0 Å². The standard InChI is InChI=1S/C14H13N5O/c1-9-10(2)16-14(15-9)12-4-3-5-13(17-12)19-7-6-11(8-20)18-19/h3-8H,1-2H3,(H,15,16). The van der Waals surface area contributed by atoms with Crippen LogP contribution in [0.25, 0.3) is 17.3 Å². The Morgan fingerprint density at radius 1 is 1.20 bits per heavy atom. The lowest BCUT2D eigenvalue weighted by atomic mass is 10.3. The molecule has 0 aliphatic rings. The number of nitrogens with one attached hydrogen (secondary N) is 1. The zero-order chi connectivity index (χ0) is 14.1. The second-order valence-corrected chi connectivity index (χ2v) is 4.48. The summed E-state index contributed by atoms with van der Waals surface area (Å²) < 4.78 is 1.57. The van der Waals surface area contributed by atoms with E-state index >= 15 is 0 Å². The van der Waals surface area contributed by atoms with Crippen molar-refractivity contribution in [3.63, 3.8) is 0 Å². The van der Waals surface area contributed by atoms with Crippen LogP contribution in [-0.4, -0.2) is 31.0 Å². The van der Waals surface area contributed by atoms with Gasteiger partial charge in [0.05, 0.1) is 5.69 Å². The van der Waals surface area contributed by atoms with Gasteiger partial charge in [-0.25, -0.2) is 14.6 Å². The number of hydrogen-bond acceptors (Lipinski definition) is 4. The molecule has 3 aromatic heterocycles. The average Bonchev–Trinajstić information content (AvgIpc) is 3.07. The number of aryl methyl sites for hydroxylation is 2. The van der Waals surface area contributed by atoms with E-state index in [0.717, 1.165) is 22.9 Å². The molecule has 0 radical (unpaired) electrons. The zero-order valence-corrected chi connectivity index (χ0v) is 11.2. The fraction of sp³-hybridized carbons (Fsp3) is 0.143.